The minimum Gasteiger partial charge on any atom is -0.125 e. The molecule has 4 heterocycles. The number of benzene rings is 6. The second kappa shape index (κ2) is 9.19. The standard InChI is InChI=1S/C48H30N2/c1-3-15-31(16-4-1)33-25-27-39-45-43(33)41-23-11-13-29-49(41)48(45)46-40(47(39)37-21-9-7-19-35(37)36-20-8-10-22-38(36)47)28-26-34(32-17-5-2-6-18-32)44(46)42-24-12-14-30-50(42)48/h1-30H/q+2. The van der Waals surface area contributed by atoms with Gasteiger partial charge in [0.15, 0.2) is 12.4 Å². The van der Waals surface area contributed by atoms with Crippen molar-refractivity contribution in [1.29, 1.82) is 0 Å². The van der Waals surface area contributed by atoms with Crippen LogP contribution < -0.4 is 9.13 Å². The van der Waals surface area contributed by atoms with E-state index in [2.05, 4.69) is 191 Å². The molecule has 2 aromatic heterocycles. The van der Waals surface area contributed by atoms with Gasteiger partial charge in [-0.25, -0.2) is 0 Å². The van der Waals surface area contributed by atoms with Crippen LogP contribution in [0.3, 0.4) is 0 Å². The van der Waals surface area contributed by atoms with E-state index in [1.807, 2.05) is 0 Å². The highest BCUT2D eigenvalue weighted by molar-refractivity contribution is 5.97. The van der Waals surface area contributed by atoms with E-state index >= 15 is 0 Å². The predicted octanol–water partition coefficient (Wildman–Crippen LogP) is 9.53. The maximum absolute atomic E-state index is 2.58. The molecule has 2 heteroatoms. The topological polar surface area (TPSA) is 7.76 Å². The van der Waals surface area contributed by atoms with E-state index in [4.69, 9.17) is 0 Å². The number of hydrogen-bond acceptors (Lipinski definition) is 0. The summed E-state index contributed by atoms with van der Waals surface area (Å²) >= 11 is 0. The number of hydrogen-bond donors (Lipinski definition) is 0. The maximum atomic E-state index is 2.58. The zero-order valence-corrected chi connectivity index (χ0v) is 27.2. The Bertz CT molecular complexity index is 2570. The van der Waals surface area contributed by atoms with Crippen molar-refractivity contribution in [2.75, 3.05) is 0 Å². The fourth-order valence-electron chi connectivity index (χ4n) is 10.3. The molecule has 0 bridgehead atoms. The van der Waals surface area contributed by atoms with Crippen LogP contribution in [0.1, 0.15) is 33.4 Å². The highest BCUT2D eigenvalue weighted by atomic mass is 15.3. The molecule has 230 valence electrons. The van der Waals surface area contributed by atoms with Gasteiger partial charge in [-0.3, -0.25) is 0 Å². The summed E-state index contributed by atoms with van der Waals surface area (Å²) in [5, 5.41) is 0. The van der Waals surface area contributed by atoms with Crippen molar-refractivity contribution in [3.8, 4) is 55.9 Å². The highest BCUT2D eigenvalue weighted by Gasteiger charge is 2.74. The van der Waals surface area contributed by atoms with Crippen molar-refractivity contribution in [2.24, 2.45) is 0 Å². The van der Waals surface area contributed by atoms with Crippen molar-refractivity contribution in [3.63, 3.8) is 0 Å². The van der Waals surface area contributed by atoms with Gasteiger partial charge in [0.05, 0.1) is 16.5 Å². The summed E-state index contributed by atoms with van der Waals surface area (Å²) < 4.78 is 5.17. The van der Waals surface area contributed by atoms with Crippen molar-refractivity contribution < 1.29 is 9.13 Å². The summed E-state index contributed by atoms with van der Waals surface area (Å²) in [5.41, 5.74) is 19.9. The van der Waals surface area contributed by atoms with Gasteiger partial charge in [-0.05, 0) is 67.8 Å². The third-order valence-electron chi connectivity index (χ3n) is 12.0. The monoisotopic (exact) mass is 634 g/mol. The first-order chi connectivity index (χ1) is 24.8. The van der Waals surface area contributed by atoms with Crippen LogP contribution in [0.2, 0.25) is 0 Å². The van der Waals surface area contributed by atoms with Gasteiger partial charge >= 0.3 is 5.66 Å². The van der Waals surface area contributed by atoms with Crippen LogP contribution in [0, 0.1) is 0 Å². The van der Waals surface area contributed by atoms with Gasteiger partial charge in [-0.2, -0.15) is 0 Å². The Morgan fingerprint density at radius 2 is 0.740 bits per heavy atom. The van der Waals surface area contributed by atoms with Crippen LogP contribution in [0.4, 0.5) is 0 Å². The fraction of sp³-hybridized carbons (Fsp3) is 0.0417. The molecule has 50 heavy (non-hydrogen) atoms. The zero-order chi connectivity index (χ0) is 32.6. The number of fused-ring (bicyclic) bond motifs is 11. The second-order valence-electron chi connectivity index (χ2n) is 14.0. The molecule has 0 radical (unpaired) electrons. The van der Waals surface area contributed by atoms with Crippen molar-refractivity contribution in [3.05, 3.63) is 216 Å². The SMILES string of the molecule is c1ccc(-c2ccc3c4c2-c2cccc[n+]2C42c4c(ccc(-c5ccccc5)c4-c4cccc[n+]42)C32c3ccccc3-c3ccccc32)cc1. The van der Waals surface area contributed by atoms with Gasteiger partial charge in [-0.1, -0.05) is 133 Å². The first kappa shape index (κ1) is 26.6. The van der Waals surface area contributed by atoms with Crippen molar-refractivity contribution in [1.82, 2.24) is 0 Å². The molecule has 2 aliphatic heterocycles. The normalized spacial score (nSPS) is 15.1. The Labute approximate surface area is 290 Å². The molecule has 2 spiro atoms. The lowest BCUT2D eigenvalue weighted by molar-refractivity contribution is -0.955. The van der Waals surface area contributed by atoms with E-state index in [1.165, 1.54) is 89.3 Å². The number of pyridine rings is 2. The van der Waals surface area contributed by atoms with Crippen molar-refractivity contribution in [2.45, 2.75) is 11.1 Å². The zero-order valence-electron chi connectivity index (χ0n) is 27.2. The Morgan fingerprint density at radius 3 is 1.22 bits per heavy atom. The minimum atomic E-state index is -0.615. The quantitative estimate of drug-likeness (QED) is 0.167. The molecule has 4 aliphatic rings. The van der Waals surface area contributed by atoms with Gasteiger partial charge in [-0.15, -0.1) is 9.13 Å². The molecule has 0 fully saturated rings. The first-order valence-electron chi connectivity index (χ1n) is 17.5. The van der Waals surface area contributed by atoms with Gasteiger partial charge in [0.25, 0.3) is 0 Å². The summed E-state index contributed by atoms with van der Waals surface area (Å²) in [5.74, 6) is 0. The van der Waals surface area contributed by atoms with Crippen LogP contribution in [0.5, 0.6) is 0 Å². The Hall–Kier alpha value is -6.38. The van der Waals surface area contributed by atoms with Gasteiger partial charge in [0.2, 0.25) is 11.4 Å². The third kappa shape index (κ3) is 2.84. The number of aromatic nitrogens is 2. The largest absolute Gasteiger partial charge is 0.418 e. The summed E-state index contributed by atoms with van der Waals surface area (Å²) in [6.07, 6.45) is 4.64. The van der Waals surface area contributed by atoms with E-state index in [1.54, 1.807) is 0 Å². The van der Waals surface area contributed by atoms with Crippen molar-refractivity contribution >= 4 is 0 Å². The van der Waals surface area contributed by atoms with E-state index in [-0.39, 0.29) is 0 Å². The lowest BCUT2D eigenvalue weighted by atomic mass is 9.58. The molecule has 2 aliphatic carbocycles. The van der Waals surface area contributed by atoms with Crippen LogP contribution >= 0.6 is 0 Å². The van der Waals surface area contributed by atoms with Crippen LogP contribution in [0.25, 0.3) is 55.9 Å². The van der Waals surface area contributed by atoms with Gasteiger partial charge in [0, 0.05) is 24.3 Å². The number of nitrogens with zero attached hydrogens (tertiary/aromatic N) is 2. The predicted molar refractivity (Wildman–Crippen MR) is 197 cm³/mol. The number of rotatable bonds is 2. The van der Waals surface area contributed by atoms with E-state index in [9.17, 15) is 0 Å². The molecule has 2 nitrogen and oxygen atoms in total. The molecule has 8 aromatic rings. The first-order valence-corrected chi connectivity index (χ1v) is 17.5. The van der Waals surface area contributed by atoms with E-state index in [0.29, 0.717) is 0 Å². The third-order valence-corrected chi connectivity index (χ3v) is 12.0. The van der Waals surface area contributed by atoms with Crippen LogP contribution in [-0.4, -0.2) is 0 Å². The Balaban J connectivity index is 1.37. The summed E-state index contributed by atoms with van der Waals surface area (Å²) in [6, 6.07) is 63.5. The lowest BCUT2D eigenvalue weighted by Gasteiger charge is -2.41. The average molecular weight is 635 g/mol. The Kier molecular flexibility index (Phi) is 4.88. The maximum Gasteiger partial charge on any atom is 0.418 e. The van der Waals surface area contributed by atoms with E-state index < -0.39 is 11.1 Å². The van der Waals surface area contributed by atoms with Gasteiger partial charge in [0.1, 0.15) is 11.1 Å². The molecule has 12 rings (SSSR count). The van der Waals surface area contributed by atoms with Crippen LogP contribution in [0.15, 0.2) is 182 Å². The van der Waals surface area contributed by atoms with Crippen LogP contribution in [-0.2, 0) is 11.1 Å². The molecule has 6 aromatic carbocycles. The Morgan fingerprint density at radius 1 is 0.320 bits per heavy atom. The second-order valence-corrected chi connectivity index (χ2v) is 14.0. The summed E-state index contributed by atoms with van der Waals surface area (Å²) in [7, 11) is 0. The molecular formula is C48H30N2+2. The average Bonchev–Trinajstić information content (AvgIpc) is 3.79. The molecule has 0 saturated carbocycles. The fourth-order valence-corrected chi connectivity index (χ4v) is 10.3. The van der Waals surface area contributed by atoms with Gasteiger partial charge < -0.3 is 0 Å². The molecule has 0 saturated heterocycles. The molecule has 0 N–H and O–H groups in total. The summed E-state index contributed by atoms with van der Waals surface area (Å²) in [6.45, 7) is 0. The lowest BCUT2D eigenvalue weighted by Crippen LogP contribution is -2.73. The molecule has 0 unspecified atom stereocenters. The highest BCUT2D eigenvalue weighted by Crippen LogP contribution is 2.66. The molecule has 0 amide bonds. The summed E-state index contributed by atoms with van der Waals surface area (Å²) in [4.78, 5) is 0. The smallest absolute Gasteiger partial charge is 0.125 e. The minimum absolute atomic E-state index is 0.500. The molecular weight excluding hydrogens is 605 g/mol. The molecule has 0 atom stereocenters. The van der Waals surface area contributed by atoms with E-state index in [0.717, 1.165) is 0 Å².